The molecular formula is C24H34N3O4+. The average Bonchev–Trinajstić information content (AvgIpc) is 3.37. The van der Waals surface area contributed by atoms with Crippen molar-refractivity contribution in [2.45, 2.75) is 46.3 Å². The lowest BCUT2D eigenvalue weighted by molar-refractivity contribution is -0.881. The largest absolute Gasteiger partial charge is 0.497 e. The van der Waals surface area contributed by atoms with E-state index in [1.165, 1.54) is 0 Å². The first kappa shape index (κ1) is 23.0. The van der Waals surface area contributed by atoms with Crippen LogP contribution in [0.2, 0.25) is 0 Å². The fraction of sp³-hybridized carbons (Fsp3) is 0.500. The molecule has 1 saturated heterocycles. The number of hydrogen-bond donors (Lipinski definition) is 2. The van der Waals surface area contributed by atoms with Gasteiger partial charge in [-0.25, -0.2) is 0 Å². The summed E-state index contributed by atoms with van der Waals surface area (Å²) in [5.41, 5.74) is 3.52. The van der Waals surface area contributed by atoms with Crippen LogP contribution >= 0.6 is 0 Å². The minimum Gasteiger partial charge on any atom is -0.497 e. The van der Waals surface area contributed by atoms with Crippen molar-refractivity contribution in [3.63, 3.8) is 0 Å². The second kappa shape index (κ2) is 10.6. The van der Waals surface area contributed by atoms with Gasteiger partial charge >= 0.3 is 0 Å². The Morgan fingerprint density at radius 2 is 1.97 bits per heavy atom. The maximum absolute atomic E-state index is 13.0. The molecule has 1 aromatic heterocycles. The Bertz CT molecular complexity index is 898. The number of likely N-dealkylation sites (N-methyl/N-ethyl adjacent to an activating group) is 1. The van der Waals surface area contributed by atoms with Gasteiger partial charge in [-0.2, -0.15) is 0 Å². The summed E-state index contributed by atoms with van der Waals surface area (Å²) in [7, 11) is 1.60. The van der Waals surface area contributed by atoms with Crippen molar-refractivity contribution < 1.29 is 24.0 Å². The van der Waals surface area contributed by atoms with Crippen LogP contribution in [0, 0.1) is 13.8 Å². The second-order valence-electron chi connectivity index (χ2n) is 8.19. The number of aromatic nitrogens is 1. The zero-order chi connectivity index (χ0) is 22.4. The molecule has 1 aromatic carbocycles. The Hall–Kier alpha value is -2.64. The maximum Gasteiger partial charge on any atom is 0.279 e. The molecule has 0 spiro atoms. The van der Waals surface area contributed by atoms with E-state index < -0.39 is 0 Å². The van der Waals surface area contributed by atoms with Crippen LogP contribution in [0.5, 0.6) is 5.75 Å². The number of hydrogen-bond acceptors (Lipinski definition) is 4. The van der Waals surface area contributed by atoms with Crippen LogP contribution in [-0.4, -0.2) is 55.7 Å². The minimum absolute atomic E-state index is 0.0702. The molecule has 0 saturated carbocycles. The highest BCUT2D eigenvalue weighted by Gasteiger charge is 2.24. The van der Waals surface area contributed by atoms with Gasteiger partial charge in [0.15, 0.2) is 6.54 Å². The van der Waals surface area contributed by atoms with Crippen LogP contribution in [0.15, 0.2) is 30.3 Å². The molecule has 1 amide bonds. The van der Waals surface area contributed by atoms with Crippen LogP contribution in [0.3, 0.4) is 0 Å². The number of ether oxygens (including phenoxy) is 2. The smallest absolute Gasteiger partial charge is 0.279 e. The van der Waals surface area contributed by atoms with Crippen LogP contribution in [0.1, 0.15) is 41.5 Å². The van der Waals surface area contributed by atoms with Gasteiger partial charge in [0.2, 0.25) is 5.78 Å². The molecule has 2 aromatic rings. The van der Waals surface area contributed by atoms with Crippen LogP contribution in [0.25, 0.3) is 0 Å². The normalized spacial score (nSPS) is 16.8. The molecular weight excluding hydrogens is 394 g/mol. The molecule has 2 N–H and O–H groups in total. The number of aryl methyl sites for hydroxylation is 1. The van der Waals surface area contributed by atoms with Gasteiger partial charge in [0.25, 0.3) is 5.91 Å². The van der Waals surface area contributed by atoms with E-state index in [0.717, 1.165) is 53.6 Å². The molecule has 7 nitrogen and oxygen atoms in total. The Morgan fingerprint density at radius 3 is 2.58 bits per heavy atom. The van der Waals surface area contributed by atoms with E-state index in [9.17, 15) is 9.59 Å². The summed E-state index contributed by atoms with van der Waals surface area (Å²) in [5.74, 6) is 0.695. The van der Waals surface area contributed by atoms with Crippen molar-refractivity contribution in [1.29, 1.82) is 0 Å². The SMILES string of the molecule is CC[NH+](CC(=O)Nc1ccc(OC)cc1)CC(=O)c1cc(C)n(C[C@H]2CCCO2)c1C. The summed E-state index contributed by atoms with van der Waals surface area (Å²) in [6.45, 7) is 8.85. The summed E-state index contributed by atoms with van der Waals surface area (Å²) in [6, 6.07) is 9.18. The molecule has 0 radical (unpaired) electrons. The van der Waals surface area contributed by atoms with E-state index in [2.05, 4.69) is 9.88 Å². The monoisotopic (exact) mass is 428 g/mol. The van der Waals surface area contributed by atoms with Gasteiger partial charge < -0.3 is 24.3 Å². The molecule has 2 atom stereocenters. The fourth-order valence-corrected chi connectivity index (χ4v) is 4.10. The summed E-state index contributed by atoms with van der Waals surface area (Å²) >= 11 is 0. The molecule has 31 heavy (non-hydrogen) atoms. The van der Waals surface area contributed by atoms with E-state index in [-0.39, 0.29) is 30.9 Å². The van der Waals surface area contributed by atoms with Crippen LogP contribution in [0.4, 0.5) is 5.69 Å². The van der Waals surface area contributed by atoms with Crippen molar-refractivity contribution in [1.82, 2.24) is 4.57 Å². The number of carbonyl (C=O) groups is 2. The Labute approximate surface area is 184 Å². The number of quaternary nitrogens is 1. The van der Waals surface area contributed by atoms with Gasteiger partial charge in [0.1, 0.15) is 12.3 Å². The van der Waals surface area contributed by atoms with Crippen molar-refractivity contribution >= 4 is 17.4 Å². The third-order valence-electron chi connectivity index (χ3n) is 5.98. The lowest BCUT2D eigenvalue weighted by atomic mass is 10.1. The summed E-state index contributed by atoms with van der Waals surface area (Å²) in [5, 5.41) is 2.89. The molecule has 3 rings (SSSR count). The lowest BCUT2D eigenvalue weighted by Crippen LogP contribution is -3.13. The van der Waals surface area contributed by atoms with Gasteiger partial charge in [0.05, 0.1) is 19.8 Å². The number of nitrogens with one attached hydrogen (secondary N) is 2. The lowest BCUT2D eigenvalue weighted by Gasteiger charge is -2.17. The number of anilines is 1. The zero-order valence-electron chi connectivity index (χ0n) is 19.0. The highest BCUT2D eigenvalue weighted by atomic mass is 16.5. The predicted octanol–water partition coefficient (Wildman–Crippen LogP) is 2.02. The van der Waals surface area contributed by atoms with Gasteiger partial charge in [-0.15, -0.1) is 0 Å². The number of Topliss-reactive ketones (excluding diaryl/α,β-unsaturated/α-hetero) is 1. The number of ketones is 1. The predicted molar refractivity (Wildman–Crippen MR) is 120 cm³/mol. The van der Waals surface area contributed by atoms with Crippen molar-refractivity contribution in [2.75, 3.05) is 38.7 Å². The number of nitrogens with zero attached hydrogens (tertiary/aromatic N) is 1. The van der Waals surface area contributed by atoms with E-state index in [1.807, 2.05) is 26.8 Å². The molecule has 1 unspecified atom stereocenters. The van der Waals surface area contributed by atoms with E-state index >= 15 is 0 Å². The molecule has 168 valence electrons. The van der Waals surface area contributed by atoms with E-state index in [4.69, 9.17) is 9.47 Å². The Morgan fingerprint density at radius 1 is 1.23 bits per heavy atom. The van der Waals surface area contributed by atoms with Gasteiger partial charge in [-0.05, 0) is 63.9 Å². The molecule has 1 fully saturated rings. The number of amides is 1. The van der Waals surface area contributed by atoms with Crippen LogP contribution in [-0.2, 0) is 16.1 Å². The number of rotatable bonds is 10. The number of methoxy groups -OCH3 is 1. The number of benzene rings is 1. The first-order valence-corrected chi connectivity index (χ1v) is 11.0. The standard InChI is InChI=1S/C24H33N3O4/c1-5-26(16-24(29)25-19-8-10-20(30-4)11-9-19)15-23(28)22-13-17(2)27(18(22)3)14-21-7-6-12-31-21/h8-11,13,21H,5-7,12,14-16H2,1-4H3,(H,25,29)/p+1/t21-/m1/s1. The maximum atomic E-state index is 13.0. The second-order valence-corrected chi connectivity index (χ2v) is 8.19. The molecule has 0 aliphatic carbocycles. The quantitative estimate of drug-likeness (QED) is 0.568. The fourth-order valence-electron chi connectivity index (χ4n) is 4.10. The van der Waals surface area contributed by atoms with Crippen molar-refractivity contribution in [3.8, 4) is 5.75 Å². The Balaban J connectivity index is 1.59. The highest BCUT2D eigenvalue weighted by Crippen LogP contribution is 2.20. The first-order valence-electron chi connectivity index (χ1n) is 11.0. The third kappa shape index (κ3) is 5.95. The van der Waals surface area contributed by atoms with E-state index in [0.29, 0.717) is 12.2 Å². The van der Waals surface area contributed by atoms with Gasteiger partial charge in [0, 0.05) is 35.8 Å². The molecule has 0 bridgehead atoms. The highest BCUT2D eigenvalue weighted by molar-refractivity contribution is 5.98. The first-order chi connectivity index (χ1) is 14.9. The van der Waals surface area contributed by atoms with Crippen molar-refractivity contribution in [2.24, 2.45) is 0 Å². The van der Waals surface area contributed by atoms with Crippen molar-refractivity contribution in [3.05, 3.63) is 47.3 Å². The minimum atomic E-state index is -0.112. The van der Waals surface area contributed by atoms with E-state index in [1.54, 1.807) is 31.4 Å². The Kier molecular flexibility index (Phi) is 7.87. The van der Waals surface area contributed by atoms with Gasteiger partial charge in [-0.1, -0.05) is 0 Å². The topological polar surface area (TPSA) is 74.0 Å². The molecule has 2 heterocycles. The molecule has 1 aliphatic rings. The third-order valence-corrected chi connectivity index (χ3v) is 5.98. The summed E-state index contributed by atoms with van der Waals surface area (Å²) in [6.07, 6.45) is 2.40. The summed E-state index contributed by atoms with van der Waals surface area (Å²) < 4.78 is 13.1. The van der Waals surface area contributed by atoms with Crippen LogP contribution < -0.4 is 15.0 Å². The summed E-state index contributed by atoms with van der Waals surface area (Å²) in [4.78, 5) is 26.4. The zero-order valence-corrected chi connectivity index (χ0v) is 19.0. The number of carbonyl (C=O) groups excluding carboxylic acids is 2. The van der Waals surface area contributed by atoms with Gasteiger partial charge in [-0.3, -0.25) is 9.59 Å². The molecule has 1 aliphatic heterocycles. The average molecular weight is 429 g/mol. The molecule has 7 heteroatoms.